The minimum absolute atomic E-state index is 0.195. The van der Waals surface area contributed by atoms with E-state index in [4.69, 9.17) is 9.47 Å². The predicted molar refractivity (Wildman–Crippen MR) is 88.2 cm³/mol. The van der Waals surface area contributed by atoms with E-state index in [1.165, 1.54) is 6.07 Å². The number of aldehydes is 1. The summed E-state index contributed by atoms with van der Waals surface area (Å²) in [4.78, 5) is 22.6. The van der Waals surface area contributed by atoms with E-state index in [2.05, 4.69) is 5.32 Å². The lowest BCUT2D eigenvalue weighted by atomic mass is 10.0. The maximum atomic E-state index is 11.6. The molecule has 24 heavy (non-hydrogen) atoms. The van der Waals surface area contributed by atoms with E-state index >= 15 is 0 Å². The predicted octanol–water partition coefficient (Wildman–Crippen LogP) is 1.82. The normalized spacial score (nSPS) is 13.8. The molecule has 3 N–H and O–H groups in total. The minimum atomic E-state index is -1.27. The van der Waals surface area contributed by atoms with Crippen LogP contribution in [0, 0.1) is 0 Å². The third kappa shape index (κ3) is 6.17. The highest BCUT2D eigenvalue weighted by Gasteiger charge is 2.22. The van der Waals surface area contributed by atoms with Crippen LogP contribution in [0.4, 0.5) is 4.79 Å². The maximum Gasteiger partial charge on any atom is 0.407 e. The van der Waals surface area contributed by atoms with E-state index in [-0.39, 0.29) is 12.1 Å². The third-order valence-corrected chi connectivity index (χ3v) is 3.02. The molecule has 0 heterocycles. The zero-order valence-corrected chi connectivity index (χ0v) is 14.4. The Labute approximate surface area is 141 Å². The Morgan fingerprint density at radius 1 is 1.33 bits per heavy atom. The van der Waals surface area contributed by atoms with Gasteiger partial charge in [-0.25, -0.2) is 4.79 Å². The van der Waals surface area contributed by atoms with Gasteiger partial charge in [0.25, 0.3) is 0 Å². The number of hydrogen-bond donors (Lipinski definition) is 3. The molecule has 0 aliphatic heterocycles. The summed E-state index contributed by atoms with van der Waals surface area (Å²) >= 11 is 0. The number of amides is 1. The number of hydrogen-bond acceptors (Lipinski definition) is 6. The Kier molecular flexibility index (Phi) is 7.18. The van der Waals surface area contributed by atoms with E-state index in [1.807, 2.05) is 0 Å². The summed E-state index contributed by atoms with van der Waals surface area (Å²) in [5, 5.41) is 22.6. The molecule has 0 aliphatic carbocycles. The van der Waals surface area contributed by atoms with E-state index in [0.717, 1.165) is 0 Å². The Morgan fingerprint density at radius 2 is 2.00 bits per heavy atom. The first-order chi connectivity index (χ1) is 11.2. The summed E-state index contributed by atoms with van der Waals surface area (Å²) < 4.78 is 10.3. The molecule has 1 aromatic carbocycles. The van der Waals surface area contributed by atoms with Crippen molar-refractivity contribution in [3.05, 3.63) is 29.3 Å². The number of carbonyl (C=O) groups excluding carboxylic acids is 2. The molecule has 0 saturated carbocycles. The number of alkyl carbamates (subject to hydrolysis) is 1. The molecule has 1 rings (SSSR count). The molecule has 7 heteroatoms. The van der Waals surface area contributed by atoms with Crippen molar-refractivity contribution in [2.45, 2.75) is 45.5 Å². The van der Waals surface area contributed by atoms with Gasteiger partial charge in [-0.05, 0) is 45.4 Å². The van der Waals surface area contributed by atoms with Gasteiger partial charge in [0, 0.05) is 6.54 Å². The summed E-state index contributed by atoms with van der Waals surface area (Å²) in [6, 6.07) is 4.55. The lowest BCUT2D eigenvalue weighted by Gasteiger charge is -2.22. The van der Waals surface area contributed by atoms with Crippen LogP contribution in [0.5, 0.6) is 5.75 Å². The molecular weight excluding hydrogens is 314 g/mol. The lowest BCUT2D eigenvalue weighted by molar-refractivity contribution is 0.0129. The molecule has 1 amide bonds. The van der Waals surface area contributed by atoms with Gasteiger partial charge in [0.05, 0.1) is 12.2 Å². The van der Waals surface area contributed by atoms with Crippen LogP contribution in [0.3, 0.4) is 0 Å². The zero-order valence-electron chi connectivity index (χ0n) is 14.4. The van der Waals surface area contributed by atoms with Crippen LogP contribution in [-0.2, 0) is 4.74 Å². The molecule has 2 unspecified atom stereocenters. The largest absolute Gasteiger partial charge is 0.493 e. The second kappa shape index (κ2) is 8.65. The Bertz CT molecular complexity index is 567. The molecule has 0 aliphatic rings. The molecule has 134 valence electrons. The summed E-state index contributed by atoms with van der Waals surface area (Å²) in [5.74, 6) is 0.407. The number of ether oxygens (including phenoxy) is 2. The molecular formula is C17H25NO6. The Morgan fingerprint density at radius 3 is 2.54 bits per heavy atom. The third-order valence-electron chi connectivity index (χ3n) is 3.02. The van der Waals surface area contributed by atoms with Crippen molar-refractivity contribution in [3.8, 4) is 5.75 Å². The second-order valence-corrected chi connectivity index (χ2v) is 6.24. The summed E-state index contributed by atoms with van der Waals surface area (Å²) in [6.45, 7) is 7.17. The van der Waals surface area contributed by atoms with Crippen LogP contribution in [0.15, 0.2) is 18.2 Å². The van der Waals surface area contributed by atoms with Crippen LogP contribution < -0.4 is 10.1 Å². The number of rotatable bonds is 7. The van der Waals surface area contributed by atoms with Crippen molar-refractivity contribution >= 4 is 12.4 Å². The molecule has 0 fully saturated rings. The molecule has 0 radical (unpaired) electrons. The second-order valence-electron chi connectivity index (χ2n) is 6.24. The maximum absolute atomic E-state index is 11.6. The highest BCUT2D eigenvalue weighted by molar-refractivity contribution is 5.79. The van der Waals surface area contributed by atoms with Crippen molar-refractivity contribution in [1.29, 1.82) is 0 Å². The monoisotopic (exact) mass is 339 g/mol. The van der Waals surface area contributed by atoms with Gasteiger partial charge >= 0.3 is 6.09 Å². The fourth-order valence-corrected chi connectivity index (χ4v) is 1.97. The number of aliphatic hydroxyl groups is 2. The van der Waals surface area contributed by atoms with Crippen LogP contribution in [0.25, 0.3) is 0 Å². The highest BCUT2D eigenvalue weighted by atomic mass is 16.6. The standard InChI is InChI=1S/C17H25NO6/c1-5-23-14-7-6-11(8-12(14)10-19)15(21)13(20)9-18-16(22)24-17(2,3)4/h6-8,10,13,15,20-21H,5,9H2,1-4H3,(H,18,22). The molecule has 0 aromatic heterocycles. The van der Waals surface area contributed by atoms with Crippen LogP contribution in [0.1, 0.15) is 49.7 Å². The number of nitrogens with one attached hydrogen (secondary N) is 1. The van der Waals surface area contributed by atoms with Crippen molar-refractivity contribution in [3.63, 3.8) is 0 Å². The van der Waals surface area contributed by atoms with Crippen LogP contribution in [-0.4, -0.2) is 47.4 Å². The summed E-state index contributed by atoms with van der Waals surface area (Å²) in [6.07, 6.45) is -2.59. The average molecular weight is 339 g/mol. The van der Waals surface area contributed by atoms with Gasteiger partial charge in [0.15, 0.2) is 6.29 Å². The fourth-order valence-electron chi connectivity index (χ4n) is 1.97. The van der Waals surface area contributed by atoms with Gasteiger partial charge in [-0.15, -0.1) is 0 Å². The summed E-state index contributed by atoms with van der Waals surface area (Å²) in [5.41, 5.74) is -0.0264. The van der Waals surface area contributed by atoms with Gasteiger partial charge in [-0.2, -0.15) is 0 Å². The topological polar surface area (TPSA) is 105 Å². The first kappa shape index (κ1) is 19.9. The van der Waals surface area contributed by atoms with Crippen LogP contribution in [0.2, 0.25) is 0 Å². The molecule has 0 bridgehead atoms. The summed E-state index contributed by atoms with van der Waals surface area (Å²) in [7, 11) is 0. The van der Waals surface area contributed by atoms with Crippen molar-refractivity contribution < 1.29 is 29.3 Å². The SMILES string of the molecule is CCOc1ccc(C(O)C(O)CNC(=O)OC(C)(C)C)cc1C=O. The first-order valence-electron chi connectivity index (χ1n) is 7.72. The van der Waals surface area contributed by atoms with E-state index in [1.54, 1.807) is 39.8 Å². The quantitative estimate of drug-likeness (QED) is 0.655. The van der Waals surface area contributed by atoms with Gasteiger partial charge in [0.1, 0.15) is 23.6 Å². The lowest BCUT2D eigenvalue weighted by Crippen LogP contribution is -2.38. The van der Waals surface area contributed by atoms with Crippen molar-refractivity contribution in [1.82, 2.24) is 5.32 Å². The molecule has 0 spiro atoms. The molecule has 2 atom stereocenters. The van der Waals surface area contributed by atoms with Crippen molar-refractivity contribution in [2.24, 2.45) is 0 Å². The Balaban J connectivity index is 2.70. The number of benzene rings is 1. The molecule has 7 nitrogen and oxygen atoms in total. The number of aliphatic hydroxyl groups excluding tert-OH is 2. The smallest absolute Gasteiger partial charge is 0.407 e. The minimum Gasteiger partial charge on any atom is -0.493 e. The van der Waals surface area contributed by atoms with E-state index < -0.39 is 23.9 Å². The van der Waals surface area contributed by atoms with E-state index in [9.17, 15) is 19.8 Å². The van der Waals surface area contributed by atoms with E-state index in [0.29, 0.717) is 24.2 Å². The van der Waals surface area contributed by atoms with Gasteiger partial charge < -0.3 is 25.0 Å². The van der Waals surface area contributed by atoms with Gasteiger partial charge in [0.2, 0.25) is 0 Å². The van der Waals surface area contributed by atoms with Crippen LogP contribution >= 0.6 is 0 Å². The van der Waals surface area contributed by atoms with Gasteiger partial charge in [-0.1, -0.05) is 6.07 Å². The molecule has 1 aromatic rings. The average Bonchev–Trinajstić information content (AvgIpc) is 2.51. The van der Waals surface area contributed by atoms with Crippen molar-refractivity contribution in [2.75, 3.05) is 13.2 Å². The molecule has 0 saturated heterocycles. The zero-order chi connectivity index (χ0) is 18.3. The fraction of sp³-hybridized carbons (Fsp3) is 0.529. The highest BCUT2D eigenvalue weighted by Crippen LogP contribution is 2.24. The number of carbonyl (C=O) groups is 2. The Hall–Kier alpha value is -2.12. The first-order valence-corrected chi connectivity index (χ1v) is 7.72. The van der Waals surface area contributed by atoms with Gasteiger partial charge in [-0.3, -0.25) is 4.79 Å².